The van der Waals surface area contributed by atoms with Crippen molar-refractivity contribution in [3.05, 3.63) is 28.4 Å². The van der Waals surface area contributed by atoms with Gasteiger partial charge in [-0.3, -0.25) is 10.1 Å². The van der Waals surface area contributed by atoms with Crippen LogP contribution in [0.5, 0.6) is 0 Å². The summed E-state index contributed by atoms with van der Waals surface area (Å²) in [6, 6.07) is 3.32. The molecule has 0 aromatic carbocycles. The molecule has 1 heterocycles. The van der Waals surface area contributed by atoms with Crippen molar-refractivity contribution in [1.29, 1.82) is 0 Å². The van der Waals surface area contributed by atoms with Gasteiger partial charge in [-0.25, -0.2) is 4.98 Å². The molecule has 1 aromatic rings. The van der Waals surface area contributed by atoms with E-state index in [4.69, 9.17) is 5.11 Å². The van der Waals surface area contributed by atoms with Crippen LogP contribution in [0.1, 0.15) is 25.7 Å². The average molecular weight is 251 g/mol. The zero-order valence-electron chi connectivity index (χ0n) is 10.2. The minimum absolute atomic E-state index is 0.0633. The van der Waals surface area contributed by atoms with Crippen molar-refractivity contribution < 1.29 is 10.0 Å². The Kier molecular flexibility index (Phi) is 4.09. The van der Waals surface area contributed by atoms with Gasteiger partial charge in [0.2, 0.25) is 0 Å². The lowest BCUT2D eigenvalue weighted by Gasteiger charge is -2.38. The first kappa shape index (κ1) is 12.8. The van der Waals surface area contributed by atoms with Crippen LogP contribution in [0.3, 0.4) is 0 Å². The number of anilines is 1. The lowest BCUT2D eigenvalue weighted by molar-refractivity contribution is -0.384. The third-order valence-corrected chi connectivity index (χ3v) is 3.31. The molecule has 1 aliphatic rings. The van der Waals surface area contributed by atoms with Gasteiger partial charge in [0.25, 0.3) is 5.69 Å². The first-order valence-electron chi connectivity index (χ1n) is 6.20. The summed E-state index contributed by atoms with van der Waals surface area (Å²) < 4.78 is 0. The second-order valence-corrected chi connectivity index (χ2v) is 4.48. The Balaban J connectivity index is 2.17. The van der Waals surface area contributed by atoms with Gasteiger partial charge in [0.1, 0.15) is 5.82 Å². The molecule has 1 aliphatic carbocycles. The maximum absolute atomic E-state index is 10.8. The number of nitro groups is 1. The summed E-state index contributed by atoms with van der Waals surface area (Å²) >= 11 is 0. The normalized spacial score (nSPS) is 15.2. The Morgan fingerprint density at radius 2 is 2.33 bits per heavy atom. The highest BCUT2D eigenvalue weighted by molar-refractivity contribution is 5.47. The van der Waals surface area contributed by atoms with Crippen molar-refractivity contribution in [2.45, 2.75) is 31.7 Å². The number of hydrogen-bond acceptors (Lipinski definition) is 5. The van der Waals surface area contributed by atoms with Crippen LogP contribution in [0.15, 0.2) is 18.3 Å². The molecular weight excluding hydrogens is 234 g/mol. The van der Waals surface area contributed by atoms with Gasteiger partial charge in [-0.15, -0.1) is 0 Å². The van der Waals surface area contributed by atoms with E-state index in [0.717, 1.165) is 12.8 Å². The summed E-state index contributed by atoms with van der Waals surface area (Å²) in [4.78, 5) is 16.6. The Morgan fingerprint density at radius 3 is 2.89 bits per heavy atom. The molecule has 0 bridgehead atoms. The van der Waals surface area contributed by atoms with E-state index >= 15 is 0 Å². The van der Waals surface area contributed by atoms with Crippen molar-refractivity contribution in [3.63, 3.8) is 0 Å². The second-order valence-electron chi connectivity index (χ2n) is 4.48. The molecule has 6 heteroatoms. The van der Waals surface area contributed by atoms with Gasteiger partial charge in [0.15, 0.2) is 0 Å². The summed E-state index contributed by atoms with van der Waals surface area (Å²) in [6.07, 6.45) is 5.50. The van der Waals surface area contributed by atoms with Crippen LogP contribution in [-0.4, -0.2) is 34.2 Å². The fourth-order valence-corrected chi connectivity index (χ4v) is 2.10. The maximum Gasteiger partial charge on any atom is 0.274 e. The van der Waals surface area contributed by atoms with Gasteiger partial charge >= 0.3 is 0 Å². The first-order chi connectivity index (χ1) is 8.72. The van der Waals surface area contributed by atoms with Crippen LogP contribution in [0.4, 0.5) is 11.5 Å². The summed E-state index contributed by atoms with van der Waals surface area (Å²) in [5, 5.41) is 19.7. The van der Waals surface area contributed by atoms with Crippen LogP contribution in [-0.2, 0) is 0 Å². The number of nitrogens with zero attached hydrogens (tertiary/aromatic N) is 3. The minimum Gasteiger partial charge on any atom is -0.396 e. The summed E-state index contributed by atoms with van der Waals surface area (Å²) in [5.74, 6) is 0.641. The van der Waals surface area contributed by atoms with E-state index in [1.807, 2.05) is 0 Å². The highest BCUT2D eigenvalue weighted by Crippen LogP contribution is 2.29. The molecule has 0 aliphatic heterocycles. The Bertz CT molecular complexity index is 421. The molecule has 0 radical (unpaired) electrons. The zero-order valence-corrected chi connectivity index (χ0v) is 10.2. The van der Waals surface area contributed by atoms with Gasteiger partial charge < -0.3 is 10.0 Å². The largest absolute Gasteiger partial charge is 0.396 e. The fraction of sp³-hybridized carbons (Fsp3) is 0.583. The van der Waals surface area contributed by atoms with Gasteiger partial charge in [-0.2, -0.15) is 0 Å². The molecule has 0 atom stereocenters. The molecule has 1 aromatic heterocycles. The number of pyridine rings is 1. The number of aliphatic hydroxyl groups is 1. The van der Waals surface area contributed by atoms with Gasteiger partial charge in [0.05, 0.1) is 11.0 Å². The smallest absolute Gasteiger partial charge is 0.274 e. The zero-order chi connectivity index (χ0) is 13.0. The molecule has 18 heavy (non-hydrogen) atoms. The van der Waals surface area contributed by atoms with Gasteiger partial charge in [0, 0.05) is 31.5 Å². The van der Waals surface area contributed by atoms with E-state index in [9.17, 15) is 10.1 Å². The maximum atomic E-state index is 10.8. The lowest BCUT2D eigenvalue weighted by atomic mass is 9.91. The van der Waals surface area contributed by atoms with E-state index in [0.29, 0.717) is 24.8 Å². The van der Waals surface area contributed by atoms with E-state index in [1.165, 1.54) is 24.8 Å². The summed E-state index contributed by atoms with van der Waals surface area (Å²) in [5.41, 5.74) is 0.0633. The highest BCUT2D eigenvalue weighted by Gasteiger charge is 2.26. The number of aromatic nitrogens is 1. The third-order valence-electron chi connectivity index (χ3n) is 3.31. The van der Waals surface area contributed by atoms with E-state index < -0.39 is 4.92 Å². The number of rotatable bonds is 6. The van der Waals surface area contributed by atoms with Crippen molar-refractivity contribution in [1.82, 2.24) is 4.98 Å². The van der Waals surface area contributed by atoms with Crippen molar-refractivity contribution >= 4 is 11.5 Å². The molecular formula is C12H17N3O3. The Labute approximate surface area is 105 Å². The standard InChI is InChI=1S/C12H17N3O3/c16-8-2-7-14(10-3-1-4-10)12-9-11(15(17)18)5-6-13-12/h5-6,9-10,16H,1-4,7-8H2. The first-order valence-corrected chi connectivity index (χ1v) is 6.20. The molecule has 98 valence electrons. The highest BCUT2D eigenvalue weighted by atomic mass is 16.6. The van der Waals surface area contributed by atoms with Gasteiger partial charge in [-0.1, -0.05) is 0 Å². The molecule has 0 unspecified atom stereocenters. The Hall–Kier alpha value is -1.69. The van der Waals surface area contributed by atoms with Crippen LogP contribution in [0, 0.1) is 10.1 Å². The third kappa shape index (κ3) is 2.76. The van der Waals surface area contributed by atoms with Crippen molar-refractivity contribution in [3.8, 4) is 0 Å². The Morgan fingerprint density at radius 1 is 1.56 bits per heavy atom. The van der Waals surface area contributed by atoms with Gasteiger partial charge in [-0.05, 0) is 25.7 Å². The number of aliphatic hydroxyl groups excluding tert-OH is 1. The fourth-order valence-electron chi connectivity index (χ4n) is 2.10. The van der Waals surface area contributed by atoms with Crippen LogP contribution < -0.4 is 4.90 Å². The molecule has 2 rings (SSSR count). The monoisotopic (exact) mass is 251 g/mol. The van der Waals surface area contributed by atoms with Crippen LogP contribution in [0.2, 0.25) is 0 Å². The van der Waals surface area contributed by atoms with Crippen molar-refractivity contribution in [2.75, 3.05) is 18.1 Å². The average Bonchev–Trinajstić information content (AvgIpc) is 2.32. The van der Waals surface area contributed by atoms with E-state index in [2.05, 4.69) is 9.88 Å². The molecule has 0 saturated heterocycles. The predicted octanol–water partition coefficient (Wildman–Crippen LogP) is 1.73. The quantitative estimate of drug-likeness (QED) is 0.615. The molecule has 6 nitrogen and oxygen atoms in total. The van der Waals surface area contributed by atoms with Crippen LogP contribution >= 0.6 is 0 Å². The summed E-state index contributed by atoms with van der Waals surface area (Å²) in [6.45, 7) is 0.813. The number of hydrogen-bond donors (Lipinski definition) is 1. The van der Waals surface area contributed by atoms with Crippen LogP contribution in [0.25, 0.3) is 0 Å². The van der Waals surface area contributed by atoms with E-state index in [1.54, 1.807) is 0 Å². The molecule has 0 amide bonds. The summed E-state index contributed by atoms with van der Waals surface area (Å²) in [7, 11) is 0. The molecule has 0 spiro atoms. The molecule has 1 fully saturated rings. The topological polar surface area (TPSA) is 79.5 Å². The second kappa shape index (κ2) is 5.77. The SMILES string of the molecule is O=[N+]([O-])c1ccnc(N(CCCO)C2CCC2)c1. The molecule has 1 saturated carbocycles. The predicted molar refractivity (Wildman–Crippen MR) is 67.6 cm³/mol. The van der Waals surface area contributed by atoms with E-state index in [-0.39, 0.29) is 12.3 Å². The van der Waals surface area contributed by atoms with Crippen molar-refractivity contribution in [2.24, 2.45) is 0 Å². The molecule has 1 N–H and O–H groups in total. The minimum atomic E-state index is -0.407. The lowest BCUT2D eigenvalue weighted by Crippen LogP contribution is -2.41.